The lowest BCUT2D eigenvalue weighted by molar-refractivity contribution is 0.0482. The Hall–Kier alpha value is -0.930. The van der Waals surface area contributed by atoms with Crippen molar-refractivity contribution in [1.29, 1.82) is 0 Å². The van der Waals surface area contributed by atoms with Crippen LogP contribution in [0.5, 0.6) is 0 Å². The smallest absolute Gasteiger partial charge is 0.0312 e. The van der Waals surface area contributed by atoms with Crippen molar-refractivity contribution in [3.8, 4) is 0 Å². The van der Waals surface area contributed by atoms with Crippen molar-refractivity contribution in [3.63, 3.8) is 0 Å². The number of fused-ring (bicyclic) bond motifs is 2. The van der Waals surface area contributed by atoms with Gasteiger partial charge in [-0.05, 0) is 44.4 Å². The summed E-state index contributed by atoms with van der Waals surface area (Å²) in [5.41, 5.74) is 1.29. The largest absolute Gasteiger partial charge is 0.310 e. The van der Waals surface area contributed by atoms with Crippen molar-refractivity contribution < 1.29 is 0 Å². The van der Waals surface area contributed by atoms with Crippen LogP contribution in [0.4, 0.5) is 0 Å². The van der Waals surface area contributed by atoms with E-state index in [0.29, 0.717) is 6.04 Å². The van der Waals surface area contributed by atoms with Crippen LogP contribution in [0.15, 0.2) is 24.5 Å². The van der Waals surface area contributed by atoms with E-state index in [-0.39, 0.29) is 0 Å². The van der Waals surface area contributed by atoms with Gasteiger partial charge in [-0.25, -0.2) is 0 Å². The maximum Gasteiger partial charge on any atom is 0.0312 e. The lowest BCUT2D eigenvalue weighted by Gasteiger charge is -2.47. The summed E-state index contributed by atoms with van der Waals surface area (Å²) in [4.78, 5) is 6.79. The first kappa shape index (κ1) is 12.1. The Bertz CT molecular complexity index is 365. The van der Waals surface area contributed by atoms with Crippen LogP contribution in [0.1, 0.15) is 37.7 Å². The normalized spacial score (nSPS) is 32.4. The molecule has 1 N–H and O–H groups in total. The summed E-state index contributed by atoms with van der Waals surface area (Å²) in [6.45, 7) is 0.960. The van der Waals surface area contributed by atoms with E-state index < -0.39 is 0 Å². The molecule has 18 heavy (non-hydrogen) atoms. The van der Waals surface area contributed by atoms with E-state index in [9.17, 15) is 0 Å². The summed E-state index contributed by atoms with van der Waals surface area (Å²) in [5, 5.41) is 3.72. The Morgan fingerprint density at radius 2 is 2.11 bits per heavy atom. The number of hydrogen-bond donors (Lipinski definition) is 1. The van der Waals surface area contributed by atoms with Crippen LogP contribution in [0.2, 0.25) is 0 Å². The lowest BCUT2D eigenvalue weighted by Crippen LogP contribution is -2.54. The van der Waals surface area contributed by atoms with Crippen LogP contribution in [0.25, 0.3) is 0 Å². The molecule has 1 aromatic heterocycles. The Balaban J connectivity index is 1.55. The van der Waals surface area contributed by atoms with Crippen LogP contribution in [0, 0.1) is 0 Å². The predicted molar refractivity (Wildman–Crippen MR) is 73.3 cm³/mol. The molecule has 2 aliphatic heterocycles. The second-order valence-corrected chi connectivity index (χ2v) is 5.81. The molecule has 0 aliphatic carbocycles. The standard InChI is InChI=1S/C15H23N3/c1-18-14-5-2-6-15(18)9-13(8-14)17-11-12-4-3-7-16-10-12/h3-4,7,10,13-15,17H,2,5-6,8-9,11H2,1H3. The molecule has 0 saturated carbocycles. The van der Waals surface area contributed by atoms with Gasteiger partial charge in [0.1, 0.15) is 0 Å². The van der Waals surface area contributed by atoms with E-state index in [2.05, 4.69) is 28.3 Å². The highest BCUT2D eigenvalue weighted by molar-refractivity contribution is 5.08. The minimum absolute atomic E-state index is 0.691. The molecule has 2 fully saturated rings. The molecule has 3 heteroatoms. The second kappa shape index (κ2) is 5.37. The molecule has 0 radical (unpaired) electrons. The summed E-state index contributed by atoms with van der Waals surface area (Å²) in [6.07, 6.45) is 10.6. The second-order valence-electron chi connectivity index (χ2n) is 5.81. The molecular formula is C15H23N3. The van der Waals surface area contributed by atoms with Crippen LogP contribution in [0.3, 0.4) is 0 Å². The highest BCUT2D eigenvalue weighted by atomic mass is 15.2. The van der Waals surface area contributed by atoms with Gasteiger partial charge in [0.25, 0.3) is 0 Å². The predicted octanol–water partition coefficient (Wildman–Crippen LogP) is 2.19. The fourth-order valence-corrected chi connectivity index (χ4v) is 3.55. The number of rotatable bonds is 3. The third-order valence-corrected chi connectivity index (χ3v) is 4.66. The third kappa shape index (κ3) is 2.57. The zero-order valence-electron chi connectivity index (χ0n) is 11.2. The molecule has 3 heterocycles. The Morgan fingerprint density at radius 3 is 2.78 bits per heavy atom. The molecule has 2 unspecified atom stereocenters. The average molecular weight is 245 g/mol. The minimum atomic E-state index is 0.691. The number of aromatic nitrogens is 1. The highest BCUT2D eigenvalue weighted by Crippen LogP contribution is 2.32. The molecule has 0 spiro atoms. The quantitative estimate of drug-likeness (QED) is 0.885. The number of nitrogens with zero attached hydrogens (tertiary/aromatic N) is 2. The molecular weight excluding hydrogens is 222 g/mol. The van der Waals surface area contributed by atoms with Gasteiger partial charge in [0, 0.05) is 37.1 Å². The van der Waals surface area contributed by atoms with E-state index in [1.807, 2.05) is 18.5 Å². The van der Waals surface area contributed by atoms with Gasteiger partial charge in [0.15, 0.2) is 0 Å². The first-order chi connectivity index (χ1) is 8.83. The molecule has 98 valence electrons. The van der Waals surface area contributed by atoms with Crippen molar-refractivity contribution in [2.75, 3.05) is 7.05 Å². The summed E-state index contributed by atoms with van der Waals surface area (Å²) in [6, 6.07) is 6.47. The van der Waals surface area contributed by atoms with Crippen LogP contribution < -0.4 is 5.32 Å². The Kier molecular flexibility index (Phi) is 3.62. The van der Waals surface area contributed by atoms with Crippen molar-refractivity contribution >= 4 is 0 Å². The highest BCUT2D eigenvalue weighted by Gasteiger charge is 2.35. The fourth-order valence-electron chi connectivity index (χ4n) is 3.55. The SMILES string of the molecule is CN1C2CCCC1CC(NCc1cccnc1)C2. The van der Waals surface area contributed by atoms with Crippen molar-refractivity contribution in [3.05, 3.63) is 30.1 Å². The number of nitrogens with one attached hydrogen (secondary N) is 1. The average Bonchev–Trinajstić information content (AvgIpc) is 2.38. The molecule has 3 nitrogen and oxygen atoms in total. The topological polar surface area (TPSA) is 28.2 Å². The van der Waals surface area contributed by atoms with Gasteiger partial charge in [-0.2, -0.15) is 0 Å². The fraction of sp³-hybridized carbons (Fsp3) is 0.667. The lowest BCUT2D eigenvalue weighted by atomic mass is 9.82. The van der Waals surface area contributed by atoms with E-state index in [1.165, 1.54) is 37.7 Å². The summed E-state index contributed by atoms with van der Waals surface area (Å²) in [7, 11) is 2.31. The van der Waals surface area contributed by atoms with E-state index in [1.54, 1.807) is 0 Å². The zero-order valence-corrected chi connectivity index (χ0v) is 11.2. The number of pyridine rings is 1. The molecule has 3 rings (SSSR count). The molecule has 2 saturated heterocycles. The van der Waals surface area contributed by atoms with Gasteiger partial charge in [0.2, 0.25) is 0 Å². The number of hydrogen-bond acceptors (Lipinski definition) is 3. The summed E-state index contributed by atoms with van der Waals surface area (Å²) in [5.74, 6) is 0. The molecule has 0 amide bonds. The van der Waals surface area contributed by atoms with Crippen molar-refractivity contribution in [2.45, 2.75) is 56.8 Å². The first-order valence-electron chi connectivity index (χ1n) is 7.17. The summed E-state index contributed by atoms with van der Waals surface area (Å²) >= 11 is 0. The van der Waals surface area contributed by atoms with Crippen molar-refractivity contribution in [2.24, 2.45) is 0 Å². The van der Waals surface area contributed by atoms with E-state index >= 15 is 0 Å². The van der Waals surface area contributed by atoms with Gasteiger partial charge in [0.05, 0.1) is 0 Å². The molecule has 1 aromatic rings. The van der Waals surface area contributed by atoms with E-state index in [0.717, 1.165) is 18.6 Å². The maximum atomic E-state index is 4.17. The minimum Gasteiger partial charge on any atom is -0.310 e. The first-order valence-corrected chi connectivity index (χ1v) is 7.17. The Morgan fingerprint density at radius 1 is 1.33 bits per heavy atom. The van der Waals surface area contributed by atoms with Crippen LogP contribution in [-0.4, -0.2) is 35.1 Å². The van der Waals surface area contributed by atoms with E-state index in [4.69, 9.17) is 0 Å². The zero-order chi connectivity index (χ0) is 12.4. The molecule has 2 bridgehead atoms. The van der Waals surface area contributed by atoms with Crippen LogP contribution >= 0.6 is 0 Å². The molecule has 2 atom stereocenters. The van der Waals surface area contributed by atoms with Gasteiger partial charge >= 0.3 is 0 Å². The molecule has 0 aromatic carbocycles. The summed E-state index contributed by atoms with van der Waals surface area (Å²) < 4.78 is 0. The third-order valence-electron chi connectivity index (χ3n) is 4.66. The van der Waals surface area contributed by atoms with Crippen molar-refractivity contribution in [1.82, 2.24) is 15.2 Å². The van der Waals surface area contributed by atoms with Gasteiger partial charge < -0.3 is 10.2 Å². The Labute approximate surface area is 110 Å². The van der Waals surface area contributed by atoms with Gasteiger partial charge in [-0.3, -0.25) is 4.98 Å². The molecule has 2 aliphatic rings. The monoisotopic (exact) mass is 245 g/mol. The van der Waals surface area contributed by atoms with Gasteiger partial charge in [-0.1, -0.05) is 12.5 Å². The van der Waals surface area contributed by atoms with Crippen LogP contribution in [-0.2, 0) is 6.54 Å². The number of piperidine rings is 2. The maximum absolute atomic E-state index is 4.17. The van der Waals surface area contributed by atoms with Gasteiger partial charge in [-0.15, -0.1) is 0 Å².